The van der Waals surface area contributed by atoms with E-state index in [1.54, 1.807) is 24.3 Å². The monoisotopic (exact) mass is 260 g/mol. The molecule has 2 aliphatic rings. The van der Waals surface area contributed by atoms with Crippen LogP contribution >= 0.6 is 0 Å². The van der Waals surface area contributed by atoms with Gasteiger partial charge in [0.15, 0.2) is 0 Å². The topological polar surface area (TPSA) is 75.7 Å². The molecule has 0 saturated carbocycles. The molecule has 1 atom stereocenters. The molecule has 0 aliphatic carbocycles. The molecule has 98 valence electrons. The molecule has 0 radical (unpaired) electrons. The van der Waals surface area contributed by atoms with Crippen molar-refractivity contribution >= 4 is 23.5 Å². The molecular weight excluding hydrogens is 248 g/mol. The van der Waals surface area contributed by atoms with E-state index in [4.69, 9.17) is 4.74 Å². The van der Waals surface area contributed by atoms with Gasteiger partial charge in [0.2, 0.25) is 11.6 Å². The predicted molar refractivity (Wildman–Crippen MR) is 65.4 cm³/mol. The number of amides is 2. The molecule has 1 fully saturated rings. The van der Waals surface area contributed by atoms with E-state index in [2.05, 4.69) is 5.32 Å². The van der Waals surface area contributed by atoms with Crippen LogP contribution in [0.5, 0.6) is 0 Å². The van der Waals surface area contributed by atoms with Crippen molar-refractivity contribution in [2.45, 2.75) is 18.5 Å². The number of carbonyl (C=O) groups is 3. The van der Waals surface area contributed by atoms with Crippen LogP contribution in [0.2, 0.25) is 0 Å². The molecule has 0 spiro atoms. The minimum absolute atomic E-state index is 0.196. The zero-order valence-electron chi connectivity index (χ0n) is 10.3. The van der Waals surface area contributed by atoms with E-state index in [0.717, 1.165) is 0 Å². The number of ether oxygens (including phenoxy) is 1. The summed E-state index contributed by atoms with van der Waals surface area (Å²) in [7, 11) is 1.24. The number of fused-ring (bicyclic) bond motifs is 3. The molecule has 1 N–H and O–H groups in total. The minimum atomic E-state index is -1.39. The number of esters is 1. The third kappa shape index (κ3) is 1.39. The lowest BCUT2D eigenvalue weighted by molar-refractivity contribution is -0.148. The lowest BCUT2D eigenvalue weighted by Gasteiger charge is -2.40. The van der Waals surface area contributed by atoms with Crippen molar-refractivity contribution in [3.05, 3.63) is 29.8 Å². The second kappa shape index (κ2) is 3.81. The van der Waals surface area contributed by atoms with Crippen LogP contribution in [0.1, 0.15) is 23.2 Å². The molecule has 2 heterocycles. The summed E-state index contributed by atoms with van der Waals surface area (Å²) in [6.45, 7) is 0. The lowest BCUT2D eigenvalue weighted by atomic mass is 10.00. The second-order valence-electron chi connectivity index (χ2n) is 4.55. The van der Waals surface area contributed by atoms with Crippen molar-refractivity contribution in [1.29, 1.82) is 0 Å². The number of rotatable bonds is 1. The lowest BCUT2D eigenvalue weighted by Crippen LogP contribution is -2.66. The van der Waals surface area contributed by atoms with Gasteiger partial charge in [-0.1, -0.05) is 12.1 Å². The third-order valence-corrected chi connectivity index (χ3v) is 3.56. The molecule has 2 aliphatic heterocycles. The van der Waals surface area contributed by atoms with Gasteiger partial charge in [-0.25, -0.2) is 4.79 Å². The van der Waals surface area contributed by atoms with Crippen LogP contribution in [-0.4, -0.2) is 30.6 Å². The number of methoxy groups -OCH3 is 1. The highest BCUT2D eigenvalue weighted by Gasteiger charge is 2.57. The molecule has 1 unspecified atom stereocenters. The fourth-order valence-electron chi connectivity index (χ4n) is 2.71. The van der Waals surface area contributed by atoms with Gasteiger partial charge in [0.25, 0.3) is 5.91 Å². The first-order chi connectivity index (χ1) is 9.10. The highest BCUT2D eigenvalue weighted by Crippen LogP contribution is 2.39. The predicted octanol–water partition coefficient (Wildman–Crippen LogP) is 0.426. The molecule has 0 aromatic heterocycles. The van der Waals surface area contributed by atoms with Crippen molar-refractivity contribution in [3.8, 4) is 0 Å². The van der Waals surface area contributed by atoms with E-state index in [1.807, 2.05) is 0 Å². The van der Waals surface area contributed by atoms with Gasteiger partial charge in [0, 0.05) is 12.8 Å². The van der Waals surface area contributed by atoms with Crippen molar-refractivity contribution < 1.29 is 19.1 Å². The Labute approximate surface area is 109 Å². The van der Waals surface area contributed by atoms with Crippen LogP contribution in [0.4, 0.5) is 5.69 Å². The number of hydrogen-bond acceptors (Lipinski definition) is 4. The molecule has 3 rings (SSSR count). The number of anilines is 1. The average molecular weight is 260 g/mol. The van der Waals surface area contributed by atoms with E-state index in [0.29, 0.717) is 11.3 Å². The number of carbonyl (C=O) groups excluding carboxylic acids is 3. The maximum Gasteiger partial charge on any atom is 0.353 e. The standard InChI is InChI=1S/C13H12N2O4/c1-19-12(18)13-7-6-10(16)15(13)9-5-3-2-4-8(9)11(17)14-13/h2-5H,6-7H2,1H3,(H,14,17). The number of nitrogens with zero attached hydrogens (tertiary/aromatic N) is 1. The Morgan fingerprint density at radius 1 is 1.37 bits per heavy atom. The number of para-hydroxylation sites is 1. The Hall–Kier alpha value is -2.37. The van der Waals surface area contributed by atoms with Gasteiger partial charge in [-0.2, -0.15) is 0 Å². The fourth-order valence-corrected chi connectivity index (χ4v) is 2.71. The highest BCUT2D eigenvalue weighted by molar-refractivity contribution is 6.15. The quantitative estimate of drug-likeness (QED) is 0.743. The summed E-state index contributed by atoms with van der Waals surface area (Å²) in [6, 6.07) is 6.72. The zero-order chi connectivity index (χ0) is 13.6. The molecule has 0 bridgehead atoms. The van der Waals surface area contributed by atoms with Crippen molar-refractivity contribution in [2.24, 2.45) is 0 Å². The maximum absolute atomic E-state index is 12.1. The number of hydrogen-bond donors (Lipinski definition) is 1. The van der Waals surface area contributed by atoms with E-state index < -0.39 is 11.6 Å². The van der Waals surface area contributed by atoms with Crippen molar-refractivity contribution in [1.82, 2.24) is 5.32 Å². The smallest absolute Gasteiger partial charge is 0.353 e. The summed E-state index contributed by atoms with van der Waals surface area (Å²) in [6.07, 6.45) is 0.419. The van der Waals surface area contributed by atoms with Crippen LogP contribution in [0.3, 0.4) is 0 Å². The van der Waals surface area contributed by atoms with Crippen LogP contribution < -0.4 is 10.2 Å². The van der Waals surface area contributed by atoms with Crippen LogP contribution in [-0.2, 0) is 14.3 Å². The van der Waals surface area contributed by atoms with Crippen LogP contribution in [0, 0.1) is 0 Å². The highest BCUT2D eigenvalue weighted by atomic mass is 16.5. The minimum Gasteiger partial charge on any atom is -0.466 e. The van der Waals surface area contributed by atoms with Gasteiger partial charge >= 0.3 is 5.97 Å². The summed E-state index contributed by atoms with van der Waals surface area (Å²) < 4.78 is 4.76. The zero-order valence-corrected chi connectivity index (χ0v) is 10.3. The van der Waals surface area contributed by atoms with E-state index >= 15 is 0 Å². The van der Waals surface area contributed by atoms with Gasteiger partial charge < -0.3 is 10.1 Å². The molecule has 1 aromatic rings. The summed E-state index contributed by atoms with van der Waals surface area (Å²) in [4.78, 5) is 37.6. The van der Waals surface area contributed by atoms with Crippen molar-refractivity contribution in [2.75, 3.05) is 12.0 Å². The molecule has 1 aromatic carbocycles. The Kier molecular flexibility index (Phi) is 2.35. The molecule has 6 nitrogen and oxygen atoms in total. The molecular formula is C13H12N2O4. The van der Waals surface area contributed by atoms with E-state index in [-0.39, 0.29) is 24.7 Å². The Morgan fingerprint density at radius 2 is 2.11 bits per heavy atom. The maximum atomic E-state index is 12.1. The summed E-state index contributed by atoms with van der Waals surface area (Å²) in [5, 5.41) is 2.62. The number of nitrogens with one attached hydrogen (secondary N) is 1. The van der Waals surface area contributed by atoms with Gasteiger partial charge in [-0.3, -0.25) is 14.5 Å². The first kappa shape index (κ1) is 11.7. The third-order valence-electron chi connectivity index (χ3n) is 3.56. The van der Waals surface area contributed by atoms with E-state index in [1.165, 1.54) is 12.0 Å². The van der Waals surface area contributed by atoms with Crippen LogP contribution in [0.15, 0.2) is 24.3 Å². The average Bonchev–Trinajstić information content (AvgIpc) is 2.77. The van der Waals surface area contributed by atoms with Gasteiger partial charge in [-0.05, 0) is 12.1 Å². The summed E-state index contributed by atoms with van der Waals surface area (Å²) >= 11 is 0. The number of benzene rings is 1. The summed E-state index contributed by atoms with van der Waals surface area (Å²) in [5.41, 5.74) is -0.548. The molecule has 2 amide bonds. The first-order valence-electron chi connectivity index (χ1n) is 5.93. The first-order valence-corrected chi connectivity index (χ1v) is 5.93. The molecule has 1 saturated heterocycles. The van der Waals surface area contributed by atoms with Crippen molar-refractivity contribution in [3.63, 3.8) is 0 Å². The Balaban J connectivity index is 2.22. The van der Waals surface area contributed by atoms with Gasteiger partial charge in [0.1, 0.15) is 0 Å². The SMILES string of the molecule is COC(=O)C12CCC(=O)N1c1ccccc1C(=O)N2. The van der Waals surface area contributed by atoms with Gasteiger partial charge in [0.05, 0.1) is 18.4 Å². The molecule has 19 heavy (non-hydrogen) atoms. The summed E-state index contributed by atoms with van der Waals surface area (Å²) in [5.74, 6) is -1.19. The van der Waals surface area contributed by atoms with Crippen LogP contribution in [0.25, 0.3) is 0 Å². The Morgan fingerprint density at radius 3 is 2.84 bits per heavy atom. The van der Waals surface area contributed by atoms with E-state index in [9.17, 15) is 14.4 Å². The van der Waals surface area contributed by atoms with Gasteiger partial charge in [-0.15, -0.1) is 0 Å². The molecule has 6 heteroatoms. The largest absolute Gasteiger partial charge is 0.466 e. The second-order valence-corrected chi connectivity index (χ2v) is 4.55. The normalized spacial score (nSPS) is 24.6. The fraction of sp³-hybridized carbons (Fsp3) is 0.308. The Bertz CT molecular complexity index is 598.